The summed E-state index contributed by atoms with van der Waals surface area (Å²) in [6, 6.07) is 7.96. The van der Waals surface area contributed by atoms with E-state index in [9.17, 15) is 0 Å². The highest BCUT2D eigenvalue weighted by molar-refractivity contribution is 7.09. The highest BCUT2D eigenvalue weighted by Gasteiger charge is 2.22. The molecule has 0 aliphatic carbocycles. The summed E-state index contributed by atoms with van der Waals surface area (Å²) in [7, 11) is 0. The molecule has 1 N–H and O–H groups in total. The zero-order valence-electron chi connectivity index (χ0n) is 14.9. The first-order valence-electron chi connectivity index (χ1n) is 8.86. The Labute approximate surface area is 172 Å². The third kappa shape index (κ3) is 4.54. The smallest absolute Gasteiger partial charge is 0.205 e. The number of hydrogen-bond donors (Lipinski definition) is 1. The summed E-state index contributed by atoms with van der Waals surface area (Å²) in [5.41, 5.74) is 0.997. The van der Waals surface area contributed by atoms with Crippen molar-refractivity contribution in [2.24, 2.45) is 0 Å². The molecule has 1 aliphatic rings. The molecule has 0 atom stereocenters. The molecule has 142 valence electrons. The van der Waals surface area contributed by atoms with E-state index in [1.54, 1.807) is 6.07 Å². The van der Waals surface area contributed by atoms with E-state index >= 15 is 0 Å². The number of anilines is 2. The van der Waals surface area contributed by atoms with E-state index in [0.29, 0.717) is 22.6 Å². The Balaban J connectivity index is 1.32. The molecule has 1 saturated heterocycles. The SMILES string of the molecule is Cc1nsc(N2CCC(Nc3ccn(Cc4ccc(Cl)cc4Cl)n3)CC2)n1. The number of aromatic nitrogens is 4. The molecule has 27 heavy (non-hydrogen) atoms. The van der Waals surface area contributed by atoms with E-state index in [1.165, 1.54) is 11.5 Å². The average molecular weight is 423 g/mol. The van der Waals surface area contributed by atoms with Crippen LogP contribution in [0.25, 0.3) is 0 Å². The molecule has 1 fully saturated rings. The number of rotatable bonds is 5. The molecule has 0 amide bonds. The first-order valence-corrected chi connectivity index (χ1v) is 10.4. The third-order valence-electron chi connectivity index (χ3n) is 4.62. The molecular formula is C18H20Cl2N6S. The number of nitrogens with one attached hydrogen (secondary N) is 1. The van der Waals surface area contributed by atoms with Crippen LogP contribution in [0, 0.1) is 6.92 Å². The van der Waals surface area contributed by atoms with Gasteiger partial charge in [-0.05, 0) is 37.5 Å². The van der Waals surface area contributed by atoms with E-state index < -0.39 is 0 Å². The summed E-state index contributed by atoms with van der Waals surface area (Å²) < 4.78 is 6.16. The Morgan fingerprint density at radius 3 is 2.74 bits per heavy atom. The van der Waals surface area contributed by atoms with Crippen LogP contribution < -0.4 is 10.2 Å². The first-order chi connectivity index (χ1) is 13.1. The van der Waals surface area contributed by atoms with Crippen molar-refractivity contribution in [2.75, 3.05) is 23.3 Å². The molecule has 0 radical (unpaired) electrons. The van der Waals surface area contributed by atoms with Gasteiger partial charge in [0.15, 0.2) is 0 Å². The van der Waals surface area contributed by atoms with Crippen LogP contribution in [-0.4, -0.2) is 38.3 Å². The third-order valence-corrected chi connectivity index (χ3v) is 6.08. The van der Waals surface area contributed by atoms with Gasteiger partial charge < -0.3 is 10.2 Å². The monoisotopic (exact) mass is 422 g/mol. The van der Waals surface area contributed by atoms with Crippen molar-refractivity contribution in [2.45, 2.75) is 32.4 Å². The standard InChI is InChI=1S/C18H20Cl2N6S/c1-12-21-18(27-24-12)25-7-4-15(5-8-25)22-17-6-9-26(23-17)11-13-2-3-14(19)10-16(13)20/h2-3,6,9-10,15H,4-5,7-8,11H2,1H3,(H,22,23). The van der Waals surface area contributed by atoms with Crippen LogP contribution in [0.5, 0.6) is 0 Å². The van der Waals surface area contributed by atoms with Gasteiger partial charge in [-0.3, -0.25) is 4.68 Å². The minimum atomic E-state index is 0.415. The van der Waals surface area contributed by atoms with Gasteiger partial charge in [0.25, 0.3) is 0 Å². The summed E-state index contributed by atoms with van der Waals surface area (Å²) in [5, 5.41) is 10.5. The van der Waals surface area contributed by atoms with Crippen molar-refractivity contribution in [3.05, 3.63) is 51.9 Å². The molecule has 0 saturated carbocycles. The van der Waals surface area contributed by atoms with Crippen molar-refractivity contribution in [1.82, 2.24) is 19.1 Å². The summed E-state index contributed by atoms with van der Waals surface area (Å²) >= 11 is 13.7. The van der Waals surface area contributed by atoms with Crippen molar-refractivity contribution >= 4 is 45.7 Å². The molecule has 1 aromatic carbocycles. The van der Waals surface area contributed by atoms with Crippen LogP contribution in [0.3, 0.4) is 0 Å². The van der Waals surface area contributed by atoms with E-state index in [-0.39, 0.29) is 0 Å². The fourth-order valence-corrected chi connectivity index (χ4v) is 4.38. The maximum absolute atomic E-state index is 6.25. The minimum absolute atomic E-state index is 0.415. The zero-order valence-corrected chi connectivity index (χ0v) is 17.2. The Morgan fingerprint density at radius 1 is 1.22 bits per heavy atom. The molecule has 9 heteroatoms. The van der Waals surface area contributed by atoms with Crippen molar-refractivity contribution in [1.29, 1.82) is 0 Å². The summed E-state index contributed by atoms with van der Waals surface area (Å²) in [6.45, 7) is 4.51. The Kier molecular flexibility index (Phi) is 5.52. The first kappa shape index (κ1) is 18.5. The van der Waals surface area contributed by atoms with Gasteiger partial charge in [-0.1, -0.05) is 29.3 Å². The highest BCUT2D eigenvalue weighted by Crippen LogP contribution is 2.24. The lowest BCUT2D eigenvalue weighted by molar-refractivity contribution is 0.523. The van der Waals surface area contributed by atoms with Crippen molar-refractivity contribution < 1.29 is 0 Å². The van der Waals surface area contributed by atoms with E-state index in [4.69, 9.17) is 23.2 Å². The number of nitrogens with zero attached hydrogens (tertiary/aromatic N) is 5. The molecule has 2 aromatic heterocycles. The zero-order chi connectivity index (χ0) is 18.8. The number of piperidine rings is 1. The van der Waals surface area contributed by atoms with E-state index in [2.05, 4.69) is 24.7 Å². The quantitative estimate of drug-likeness (QED) is 0.656. The Morgan fingerprint density at radius 2 is 2.04 bits per heavy atom. The number of aryl methyl sites for hydroxylation is 1. The van der Waals surface area contributed by atoms with Crippen LogP contribution in [-0.2, 0) is 6.54 Å². The van der Waals surface area contributed by atoms with Crippen LogP contribution in [0.4, 0.5) is 10.9 Å². The van der Waals surface area contributed by atoms with Crippen molar-refractivity contribution in [3.8, 4) is 0 Å². The second-order valence-corrected chi connectivity index (χ2v) is 8.24. The van der Waals surface area contributed by atoms with Gasteiger partial charge in [-0.2, -0.15) is 9.47 Å². The maximum Gasteiger partial charge on any atom is 0.205 e. The number of benzene rings is 1. The lowest BCUT2D eigenvalue weighted by atomic mass is 10.1. The normalized spacial score (nSPS) is 15.3. The summed E-state index contributed by atoms with van der Waals surface area (Å²) in [5.74, 6) is 1.74. The van der Waals surface area contributed by atoms with Gasteiger partial charge in [0, 0.05) is 53.0 Å². The molecular weight excluding hydrogens is 403 g/mol. The molecule has 6 nitrogen and oxygen atoms in total. The van der Waals surface area contributed by atoms with Gasteiger partial charge >= 0.3 is 0 Å². The van der Waals surface area contributed by atoms with Gasteiger partial charge in [0.2, 0.25) is 5.13 Å². The average Bonchev–Trinajstić information content (AvgIpc) is 3.27. The lowest BCUT2D eigenvalue weighted by Crippen LogP contribution is -2.39. The topological polar surface area (TPSA) is 58.9 Å². The van der Waals surface area contributed by atoms with Gasteiger partial charge in [0.05, 0.1) is 6.54 Å². The number of hydrogen-bond acceptors (Lipinski definition) is 6. The van der Waals surface area contributed by atoms with Gasteiger partial charge in [0.1, 0.15) is 11.6 Å². The van der Waals surface area contributed by atoms with Crippen molar-refractivity contribution in [3.63, 3.8) is 0 Å². The van der Waals surface area contributed by atoms with E-state index in [1.807, 2.05) is 36.0 Å². The number of halogens is 2. The Hall–Kier alpha value is -1.83. The molecule has 0 bridgehead atoms. The molecule has 3 aromatic rings. The predicted molar refractivity (Wildman–Crippen MR) is 111 cm³/mol. The second kappa shape index (κ2) is 8.04. The fourth-order valence-electron chi connectivity index (χ4n) is 3.19. The molecule has 4 rings (SSSR count). The summed E-state index contributed by atoms with van der Waals surface area (Å²) in [6.07, 6.45) is 4.06. The molecule has 3 heterocycles. The molecule has 0 spiro atoms. The van der Waals surface area contributed by atoms with Gasteiger partial charge in [-0.25, -0.2) is 4.98 Å². The van der Waals surface area contributed by atoms with E-state index in [0.717, 1.165) is 48.3 Å². The van der Waals surface area contributed by atoms with Crippen LogP contribution in [0.2, 0.25) is 10.0 Å². The highest BCUT2D eigenvalue weighted by atomic mass is 35.5. The molecule has 1 aliphatic heterocycles. The lowest BCUT2D eigenvalue weighted by Gasteiger charge is -2.31. The second-order valence-electron chi connectivity index (χ2n) is 6.66. The largest absolute Gasteiger partial charge is 0.366 e. The minimum Gasteiger partial charge on any atom is -0.366 e. The summed E-state index contributed by atoms with van der Waals surface area (Å²) in [4.78, 5) is 6.79. The molecule has 0 unspecified atom stereocenters. The fraction of sp³-hybridized carbons (Fsp3) is 0.389. The van der Waals surface area contributed by atoms with Crippen LogP contribution in [0.15, 0.2) is 30.5 Å². The van der Waals surface area contributed by atoms with Crippen LogP contribution in [0.1, 0.15) is 24.2 Å². The predicted octanol–water partition coefficient (Wildman–Crippen LogP) is 4.48. The maximum atomic E-state index is 6.25. The Bertz CT molecular complexity index is 916. The van der Waals surface area contributed by atoms with Crippen LogP contribution >= 0.6 is 34.7 Å². The van der Waals surface area contributed by atoms with Gasteiger partial charge in [-0.15, -0.1) is 0 Å².